The van der Waals surface area contributed by atoms with E-state index in [0.717, 1.165) is 23.8 Å². The molecule has 4 aromatic rings. The van der Waals surface area contributed by atoms with E-state index in [-0.39, 0.29) is 40.7 Å². The maximum absolute atomic E-state index is 14.0. The Bertz CT molecular complexity index is 1320. The van der Waals surface area contributed by atoms with Crippen LogP contribution >= 0.6 is 0 Å². The van der Waals surface area contributed by atoms with Crippen molar-refractivity contribution in [3.05, 3.63) is 77.6 Å². The fraction of sp³-hybridized carbons (Fsp3) is 0.240. The van der Waals surface area contributed by atoms with E-state index in [1.54, 1.807) is 0 Å². The molecule has 1 atom stereocenters. The second kappa shape index (κ2) is 9.24. The van der Waals surface area contributed by atoms with Crippen LogP contribution in [0.5, 0.6) is 5.88 Å². The molecule has 0 N–H and O–H groups in total. The lowest BCUT2D eigenvalue weighted by atomic mass is 9.96. The van der Waals surface area contributed by atoms with Crippen molar-refractivity contribution in [2.75, 3.05) is 6.61 Å². The number of carbonyl (C=O) groups excluding carboxylic acids is 1. The number of Topliss-reactive ketones (excluding diaryl/α,β-unsaturated/α-hetero) is 1. The first-order chi connectivity index (χ1) is 16.1. The van der Waals surface area contributed by atoms with Crippen molar-refractivity contribution in [1.29, 1.82) is 0 Å². The number of aryl methyl sites for hydroxylation is 1. The second-order valence-electron chi connectivity index (χ2n) is 8.03. The Balaban J connectivity index is 1.62. The smallest absolute Gasteiger partial charge is 0.417 e. The summed E-state index contributed by atoms with van der Waals surface area (Å²) in [6.07, 6.45) is -4.55. The number of benzene rings is 2. The number of pyridine rings is 1. The quantitative estimate of drug-likeness (QED) is 0.313. The second-order valence-corrected chi connectivity index (χ2v) is 8.03. The van der Waals surface area contributed by atoms with Gasteiger partial charge in [-0.2, -0.15) is 23.3 Å². The molecule has 0 amide bonds. The molecule has 2 aromatic heterocycles. The van der Waals surface area contributed by atoms with Crippen LogP contribution in [-0.2, 0) is 18.0 Å². The van der Waals surface area contributed by atoms with Crippen LogP contribution in [0.1, 0.15) is 30.4 Å². The molecule has 0 saturated heterocycles. The highest BCUT2D eigenvalue weighted by Gasteiger charge is 2.36. The molecule has 4 rings (SSSR count). The predicted octanol–water partition coefficient (Wildman–Crippen LogP) is 5.93. The Morgan fingerprint density at radius 1 is 1.09 bits per heavy atom. The molecule has 2 heterocycles. The first-order valence-corrected chi connectivity index (χ1v) is 10.5. The molecule has 0 fully saturated rings. The van der Waals surface area contributed by atoms with E-state index < -0.39 is 24.2 Å². The van der Waals surface area contributed by atoms with E-state index >= 15 is 0 Å². The van der Waals surface area contributed by atoms with E-state index in [0.29, 0.717) is 5.56 Å². The van der Waals surface area contributed by atoms with Gasteiger partial charge in [-0.05, 0) is 35.7 Å². The van der Waals surface area contributed by atoms with Crippen LogP contribution in [0, 0.1) is 5.82 Å². The van der Waals surface area contributed by atoms with Gasteiger partial charge in [-0.1, -0.05) is 37.3 Å². The third-order valence-corrected chi connectivity index (χ3v) is 5.48. The van der Waals surface area contributed by atoms with Gasteiger partial charge in [0.25, 0.3) is 0 Å². The minimum Gasteiger partial charge on any atom is -0.470 e. The van der Waals surface area contributed by atoms with E-state index in [4.69, 9.17) is 4.74 Å². The molecule has 0 bridgehead atoms. The van der Waals surface area contributed by atoms with Gasteiger partial charge in [-0.25, -0.2) is 9.07 Å². The molecule has 2 aromatic carbocycles. The summed E-state index contributed by atoms with van der Waals surface area (Å²) in [5.74, 6) is -1.16. The molecule has 0 saturated carbocycles. The SMILES string of the molecule is C[C@H](CC(=O)COc1cc(C(F)(F)F)c2c(-c3ccc(F)cc3)nn(C)c2n1)c1ccccc1. The molecule has 0 aliphatic rings. The fourth-order valence-electron chi connectivity index (χ4n) is 3.79. The van der Waals surface area contributed by atoms with E-state index in [1.165, 1.54) is 23.9 Å². The molecular formula is C25H21F4N3O2. The van der Waals surface area contributed by atoms with E-state index in [2.05, 4.69) is 10.1 Å². The molecule has 0 radical (unpaired) electrons. The summed E-state index contributed by atoms with van der Waals surface area (Å²) >= 11 is 0. The zero-order chi connectivity index (χ0) is 24.5. The summed E-state index contributed by atoms with van der Waals surface area (Å²) in [7, 11) is 1.46. The maximum Gasteiger partial charge on any atom is 0.417 e. The number of aromatic nitrogens is 3. The average molecular weight is 471 g/mol. The van der Waals surface area contributed by atoms with Gasteiger partial charge in [0.15, 0.2) is 11.4 Å². The zero-order valence-corrected chi connectivity index (χ0v) is 18.4. The number of hydrogen-bond donors (Lipinski definition) is 0. The Morgan fingerprint density at radius 3 is 2.41 bits per heavy atom. The number of carbonyl (C=O) groups is 1. The highest BCUT2D eigenvalue weighted by atomic mass is 19.4. The number of alkyl halides is 3. The summed E-state index contributed by atoms with van der Waals surface area (Å²) in [5, 5.41) is 3.96. The summed E-state index contributed by atoms with van der Waals surface area (Å²) in [6, 6.07) is 15.2. The topological polar surface area (TPSA) is 57.0 Å². The lowest BCUT2D eigenvalue weighted by molar-refractivity contribution is -0.136. The van der Waals surface area contributed by atoms with Crippen molar-refractivity contribution >= 4 is 16.8 Å². The average Bonchev–Trinajstić information content (AvgIpc) is 3.14. The van der Waals surface area contributed by atoms with Gasteiger partial charge < -0.3 is 4.74 Å². The number of ether oxygens (including phenoxy) is 1. The number of hydrogen-bond acceptors (Lipinski definition) is 4. The van der Waals surface area contributed by atoms with Gasteiger partial charge in [0.05, 0.1) is 10.9 Å². The third-order valence-electron chi connectivity index (χ3n) is 5.48. The molecule has 0 unspecified atom stereocenters. The van der Waals surface area contributed by atoms with Gasteiger partial charge in [0.2, 0.25) is 5.88 Å². The van der Waals surface area contributed by atoms with E-state index in [9.17, 15) is 22.4 Å². The Kier molecular flexibility index (Phi) is 6.37. The number of ketones is 1. The lowest BCUT2D eigenvalue weighted by Gasteiger charge is -2.13. The summed E-state index contributed by atoms with van der Waals surface area (Å²) in [6.45, 7) is 1.49. The largest absolute Gasteiger partial charge is 0.470 e. The van der Waals surface area contributed by atoms with Gasteiger partial charge in [0, 0.05) is 25.1 Å². The summed E-state index contributed by atoms with van der Waals surface area (Å²) in [4.78, 5) is 16.6. The lowest BCUT2D eigenvalue weighted by Crippen LogP contribution is -2.15. The number of fused-ring (bicyclic) bond motifs is 1. The predicted molar refractivity (Wildman–Crippen MR) is 119 cm³/mol. The van der Waals surface area contributed by atoms with Crippen LogP contribution in [0.25, 0.3) is 22.3 Å². The van der Waals surface area contributed by atoms with Gasteiger partial charge in [0.1, 0.15) is 18.1 Å². The normalized spacial score (nSPS) is 12.6. The van der Waals surface area contributed by atoms with Crippen molar-refractivity contribution in [2.24, 2.45) is 7.05 Å². The molecule has 34 heavy (non-hydrogen) atoms. The molecule has 5 nitrogen and oxygen atoms in total. The Hall–Kier alpha value is -3.75. The number of halogens is 4. The molecule has 0 spiro atoms. The van der Waals surface area contributed by atoms with Crippen molar-refractivity contribution in [2.45, 2.75) is 25.4 Å². The van der Waals surface area contributed by atoms with Gasteiger partial charge >= 0.3 is 6.18 Å². The zero-order valence-electron chi connectivity index (χ0n) is 18.4. The van der Waals surface area contributed by atoms with Crippen molar-refractivity contribution in [1.82, 2.24) is 14.8 Å². The van der Waals surface area contributed by atoms with Crippen LogP contribution in [0.2, 0.25) is 0 Å². The Morgan fingerprint density at radius 2 is 1.76 bits per heavy atom. The number of nitrogens with zero attached hydrogens (tertiary/aromatic N) is 3. The highest BCUT2D eigenvalue weighted by Crippen LogP contribution is 2.40. The standard InChI is InChI=1S/C25H21F4N3O2/c1-15(16-6-4-3-5-7-16)12-19(33)14-34-21-13-20(25(27,28)29)22-23(31-32(2)24(22)30-21)17-8-10-18(26)11-9-17/h3-11,13,15H,12,14H2,1-2H3/t15-/m1/s1. The van der Waals surface area contributed by atoms with Gasteiger partial charge in [-0.3, -0.25) is 4.79 Å². The molecular weight excluding hydrogens is 450 g/mol. The molecule has 0 aliphatic carbocycles. The number of rotatable bonds is 7. The third kappa shape index (κ3) is 4.93. The van der Waals surface area contributed by atoms with Crippen molar-refractivity contribution in [3.63, 3.8) is 0 Å². The van der Waals surface area contributed by atoms with Crippen molar-refractivity contribution in [3.8, 4) is 17.1 Å². The maximum atomic E-state index is 14.0. The minimum atomic E-state index is -4.73. The van der Waals surface area contributed by atoms with Crippen LogP contribution in [-0.4, -0.2) is 27.2 Å². The first-order valence-electron chi connectivity index (χ1n) is 10.5. The van der Waals surface area contributed by atoms with Crippen LogP contribution in [0.3, 0.4) is 0 Å². The Labute approximate surface area is 193 Å². The van der Waals surface area contributed by atoms with Gasteiger partial charge in [-0.15, -0.1) is 0 Å². The van der Waals surface area contributed by atoms with Crippen LogP contribution in [0.4, 0.5) is 17.6 Å². The van der Waals surface area contributed by atoms with E-state index in [1.807, 2.05) is 37.3 Å². The highest BCUT2D eigenvalue weighted by molar-refractivity contribution is 5.94. The van der Waals surface area contributed by atoms with Crippen LogP contribution < -0.4 is 4.74 Å². The summed E-state index contributed by atoms with van der Waals surface area (Å²) < 4.78 is 61.8. The molecule has 0 aliphatic heterocycles. The van der Waals surface area contributed by atoms with Crippen molar-refractivity contribution < 1.29 is 27.1 Å². The minimum absolute atomic E-state index is 0.0247. The molecule has 176 valence electrons. The summed E-state index contributed by atoms with van der Waals surface area (Å²) in [5.41, 5.74) is 0.270. The first kappa shape index (κ1) is 23.4. The van der Waals surface area contributed by atoms with Crippen LogP contribution in [0.15, 0.2) is 60.7 Å². The molecule has 9 heteroatoms. The monoisotopic (exact) mass is 471 g/mol. The fourth-order valence-corrected chi connectivity index (χ4v) is 3.79.